The molecule has 0 aliphatic carbocycles. The van der Waals surface area contributed by atoms with Gasteiger partial charge in [-0.25, -0.2) is 0 Å². The van der Waals surface area contributed by atoms with Gasteiger partial charge in [0, 0.05) is 17.8 Å². The SMILES string of the molecule is COc1ccc(C(C)C(=O)Nc2cc(CCc3cc(OC)cc(OC)c3)[nH]n2)cc1. The molecule has 1 heterocycles. The predicted octanol–water partition coefficient (Wildman–Crippen LogP) is 3.96. The van der Waals surface area contributed by atoms with Gasteiger partial charge in [-0.2, -0.15) is 5.10 Å². The second-order valence-corrected chi connectivity index (χ2v) is 6.98. The Kier molecular flexibility index (Phi) is 6.95. The first-order chi connectivity index (χ1) is 14.5. The molecule has 1 amide bonds. The number of ether oxygens (including phenoxy) is 3. The number of amides is 1. The van der Waals surface area contributed by atoms with Gasteiger partial charge in [-0.15, -0.1) is 0 Å². The molecule has 0 saturated heterocycles. The van der Waals surface area contributed by atoms with E-state index in [1.165, 1.54) is 0 Å². The molecule has 0 spiro atoms. The second-order valence-electron chi connectivity index (χ2n) is 6.98. The average Bonchev–Trinajstić information content (AvgIpc) is 3.24. The van der Waals surface area contributed by atoms with E-state index in [2.05, 4.69) is 15.5 Å². The molecule has 30 heavy (non-hydrogen) atoms. The standard InChI is InChI=1S/C23H27N3O4/c1-15(17-6-9-19(28-2)10-7-17)23(27)24-22-13-18(25-26-22)8-5-16-11-20(29-3)14-21(12-16)30-4/h6-7,9-15H,5,8H2,1-4H3,(H2,24,25,26,27). The summed E-state index contributed by atoms with van der Waals surface area (Å²) in [5.41, 5.74) is 2.94. The van der Waals surface area contributed by atoms with Gasteiger partial charge < -0.3 is 19.5 Å². The lowest BCUT2D eigenvalue weighted by Crippen LogP contribution is -2.19. The van der Waals surface area contributed by atoms with Gasteiger partial charge in [0.2, 0.25) is 5.91 Å². The summed E-state index contributed by atoms with van der Waals surface area (Å²) < 4.78 is 15.8. The largest absolute Gasteiger partial charge is 0.497 e. The maximum absolute atomic E-state index is 12.6. The van der Waals surface area contributed by atoms with Crippen molar-refractivity contribution in [1.29, 1.82) is 0 Å². The van der Waals surface area contributed by atoms with Gasteiger partial charge in [0.1, 0.15) is 17.2 Å². The van der Waals surface area contributed by atoms with Crippen LogP contribution >= 0.6 is 0 Å². The molecule has 1 unspecified atom stereocenters. The maximum atomic E-state index is 12.6. The van der Waals surface area contributed by atoms with E-state index in [1.807, 2.05) is 55.5 Å². The van der Waals surface area contributed by atoms with Crippen molar-refractivity contribution in [2.75, 3.05) is 26.6 Å². The maximum Gasteiger partial charge on any atom is 0.232 e. The van der Waals surface area contributed by atoms with Gasteiger partial charge >= 0.3 is 0 Å². The van der Waals surface area contributed by atoms with Crippen LogP contribution in [0, 0.1) is 0 Å². The van der Waals surface area contributed by atoms with Crippen LogP contribution in [-0.2, 0) is 17.6 Å². The van der Waals surface area contributed by atoms with Crippen molar-refractivity contribution in [2.24, 2.45) is 0 Å². The quantitative estimate of drug-likeness (QED) is 0.559. The molecule has 0 fully saturated rings. The zero-order chi connectivity index (χ0) is 21.5. The van der Waals surface area contributed by atoms with E-state index in [1.54, 1.807) is 21.3 Å². The van der Waals surface area contributed by atoms with E-state index in [-0.39, 0.29) is 11.8 Å². The van der Waals surface area contributed by atoms with Crippen LogP contribution in [0.1, 0.15) is 29.7 Å². The molecule has 7 nitrogen and oxygen atoms in total. The van der Waals surface area contributed by atoms with E-state index >= 15 is 0 Å². The van der Waals surface area contributed by atoms with Gasteiger partial charge in [-0.1, -0.05) is 12.1 Å². The van der Waals surface area contributed by atoms with Crippen molar-refractivity contribution < 1.29 is 19.0 Å². The van der Waals surface area contributed by atoms with Crippen molar-refractivity contribution in [1.82, 2.24) is 10.2 Å². The third-order valence-electron chi connectivity index (χ3n) is 4.99. The molecule has 158 valence electrons. The van der Waals surface area contributed by atoms with Crippen LogP contribution in [0.25, 0.3) is 0 Å². The Balaban J connectivity index is 1.58. The van der Waals surface area contributed by atoms with Crippen molar-refractivity contribution in [3.63, 3.8) is 0 Å². The summed E-state index contributed by atoms with van der Waals surface area (Å²) in [6, 6.07) is 15.1. The third-order valence-corrected chi connectivity index (χ3v) is 4.99. The molecular weight excluding hydrogens is 382 g/mol. The number of rotatable bonds is 9. The fraction of sp³-hybridized carbons (Fsp3) is 0.304. The van der Waals surface area contributed by atoms with Crippen LogP contribution in [0.15, 0.2) is 48.5 Å². The molecule has 3 rings (SSSR count). The van der Waals surface area contributed by atoms with Gasteiger partial charge in [0.15, 0.2) is 5.82 Å². The fourth-order valence-corrected chi connectivity index (χ4v) is 3.12. The number of hydrogen-bond acceptors (Lipinski definition) is 5. The molecule has 0 saturated carbocycles. The smallest absolute Gasteiger partial charge is 0.232 e. The Labute approximate surface area is 176 Å². The molecule has 2 N–H and O–H groups in total. The van der Waals surface area contributed by atoms with E-state index < -0.39 is 0 Å². The molecule has 1 atom stereocenters. The first-order valence-corrected chi connectivity index (χ1v) is 9.73. The van der Waals surface area contributed by atoms with Gasteiger partial charge in [-0.05, 0) is 55.2 Å². The van der Waals surface area contributed by atoms with Crippen LogP contribution in [0.2, 0.25) is 0 Å². The molecule has 0 aliphatic rings. The van der Waals surface area contributed by atoms with E-state index in [0.717, 1.165) is 46.9 Å². The van der Waals surface area contributed by atoms with Crippen LogP contribution in [0.4, 0.5) is 5.82 Å². The lowest BCUT2D eigenvalue weighted by atomic mass is 10.0. The number of aromatic nitrogens is 2. The Morgan fingerprint density at radius 2 is 1.57 bits per heavy atom. The van der Waals surface area contributed by atoms with Crippen molar-refractivity contribution in [3.8, 4) is 17.2 Å². The second kappa shape index (κ2) is 9.82. The number of anilines is 1. The Morgan fingerprint density at radius 3 is 2.17 bits per heavy atom. The summed E-state index contributed by atoms with van der Waals surface area (Å²) >= 11 is 0. The van der Waals surface area contributed by atoms with Gasteiger partial charge in [0.25, 0.3) is 0 Å². The number of nitrogens with zero attached hydrogens (tertiary/aromatic N) is 1. The summed E-state index contributed by atoms with van der Waals surface area (Å²) in [6.45, 7) is 1.86. The zero-order valence-electron chi connectivity index (χ0n) is 17.7. The Hall–Kier alpha value is -3.48. The van der Waals surface area contributed by atoms with Crippen molar-refractivity contribution in [2.45, 2.75) is 25.7 Å². The van der Waals surface area contributed by atoms with Gasteiger partial charge in [-0.3, -0.25) is 9.89 Å². The van der Waals surface area contributed by atoms with E-state index in [9.17, 15) is 4.79 Å². The molecule has 0 bridgehead atoms. The summed E-state index contributed by atoms with van der Waals surface area (Å²) in [6.07, 6.45) is 1.53. The highest BCUT2D eigenvalue weighted by atomic mass is 16.5. The molecule has 0 radical (unpaired) electrons. The third kappa shape index (κ3) is 5.31. The van der Waals surface area contributed by atoms with Crippen LogP contribution < -0.4 is 19.5 Å². The minimum atomic E-state index is -0.305. The monoisotopic (exact) mass is 409 g/mol. The molecule has 1 aromatic heterocycles. The minimum absolute atomic E-state index is 0.115. The normalized spacial score (nSPS) is 11.6. The summed E-state index contributed by atoms with van der Waals surface area (Å²) in [5.74, 6) is 2.37. The molecule has 2 aromatic carbocycles. The zero-order valence-corrected chi connectivity index (χ0v) is 17.7. The summed E-state index contributed by atoms with van der Waals surface area (Å²) in [4.78, 5) is 12.6. The highest BCUT2D eigenvalue weighted by molar-refractivity contribution is 5.94. The van der Waals surface area contributed by atoms with Crippen molar-refractivity contribution >= 4 is 11.7 Å². The first-order valence-electron chi connectivity index (χ1n) is 9.73. The lowest BCUT2D eigenvalue weighted by Gasteiger charge is -2.11. The number of methoxy groups -OCH3 is 3. The highest BCUT2D eigenvalue weighted by Crippen LogP contribution is 2.24. The van der Waals surface area contributed by atoms with E-state index in [0.29, 0.717) is 5.82 Å². The number of aromatic amines is 1. The first kappa shape index (κ1) is 21.2. The number of carbonyl (C=O) groups is 1. The minimum Gasteiger partial charge on any atom is -0.497 e. The van der Waals surface area contributed by atoms with Crippen LogP contribution in [-0.4, -0.2) is 37.4 Å². The average molecular weight is 409 g/mol. The number of aryl methyl sites for hydroxylation is 2. The lowest BCUT2D eigenvalue weighted by molar-refractivity contribution is -0.117. The number of H-pyrrole nitrogens is 1. The highest BCUT2D eigenvalue weighted by Gasteiger charge is 2.16. The summed E-state index contributed by atoms with van der Waals surface area (Å²) in [5, 5.41) is 10.1. The molecular formula is C23H27N3O4. The number of hydrogen-bond donors (Lipinski definition) is 2. The topological polar surface area (TPSA) is 85.5 Å². The van der Waals surface area contributed by atoms with Crippen LogP contribution in [0.5, 0.6) is 17.2 Å². The summed E-state index contributed by atoms with van der Waals surface area (Å²) in [7, 11) is 4.88. The number of nitrogens with one attached hydrogen (secondary N) is 2. The molecule has 7 heteroatoms. The molecule has 3 aromatic rings. The fourth-order valence-electron chi connectivity index (χ4n) is 3.12. The Bertz CT molecular complexity index is 960. The van der Waals surface area contributed by atoms with Gasteiger partial charge in [0.05, 0.1) is 27.2 Å². The van der Waals surface area contributed by atoms with Crippen molar-refractivity contribution in [3.05, 3.63) is 65.4 Å². The number of carbonyl (C=O) groups excluding carboxylic acids is 1. The van der Waals surface area contributed by atoms with E-state index in [4.69, 9.17) is 14.2 Å². The Morgan fingerprint density at radius 1 is 0.933 bits per heavy atom. The van der Waals surface area contributed by atoms with Crippen LogP contribution in [0.3, 0.4) is 0 Å². The predicted molar refractivity (Wildman–Crippen MR) is 116 cm³/mol. The number of benzene rings is 2. The molecule has 0 aliphatic heterocycles.